The third-order valence-electron chi connectivity index (χ3n) is 7.97. The van der Waals surface area contributed by atoms with Gasteiger partial charge < -0.3 is 31.9 Å². The molecule has 0 bridgehead atoms. The first-order valence-corrected chi connectivity index (χ1v) is 16.0. The van der Waals surface area contributed by atoms with Gasteiger partial charge in [-0.2, -0.15) is 0 Å². The van der Waals surface area contributed by atoms with E-state index in [-0.39, 0.29) is 35.7 Å². The van der Waals surface area contributed by atoms with Crippen LogP contribution >= 0.6 is 0 Å². The smallest absolute Gasteiger partial charge is 0.248 e. The number of unbranched alkanes of at least 4 members (excludes halogenated alkanes) is 8. The summed E-state index contributed by atoms with van der Waals surface area (Å²) in [5.74, 6) is -0.594. The zero-order chi connectivity index (χ0) is 31.8. The van der Waals surface area contributed by atoms with Crippen molar-refractivity contribution in [2.75, 3.05) is 26.2 Å². The van der Waals surface area contributed by atoms with E-state index in [0.29, 0.717) is 24.2 Å². The highest BCUT2D eigenvalue weighted by molar-refractivity contribution is 5.96. The third-order valence-corrected chi connectivity index (χ3v) is 7.97. The lowest BCUT2D eigenvalue weighted by molar-refractivity contribution is -0.132. The van der Waals surface area contributed by atoms with E-state index in [9.17, 15) is 19.2 Å². The van der Waals surface area contributed by atoms with Crippen LogP contribution in [0.2, 0.25) is 0 Å². The lowest BCUT2D eigenvalue weighted by Gasteiger charge is -2.28. The molecule has 6 N–H and O–H groups in total. The van der Waals surface area contributed by atoms with E-state index in [1.165, 1.54) is 32.1 Å². The van der Waals surface area contributed by atoms with Gasteiger partial charge in [-0.3, -0.25) is 19.2 Å². The van der Waals surface area contributed by atoms with Crippen molar-refractivity contribution in [3.8, 4) is 0 Å². The van der Waals surface area contributed by atoms with E-state index < -0.39 is 11.8 Å². The molecule has 2 rings (SSSR count). The minimum Gasteiger partial charge on any atom is -0.366 e. The molecule has 240 valence electrons. The van der Waals surface area contributed by atoms with Crippen molar-refractivity contribution in [1.29, 1.82) is 0 Å². The number of nitrogens with two attached hydrogens (primary N) is 2. The van der Waals surface area contributed by atoms with E-state index in [2.05, 4.69) is 10.6 Å². The van der Waals surface area contributed by atoms with Crippen molar-refractivity contribution >= 4 is 23.6 Å². The van der Waals surface area contributed by atoms with Gasteiger partial charge in [0.15, 0.2) is 0 Å². The fraction of sp³-hybridized carbons (Fsp3) is 0.636. The molecule has 0 aromatic rings. The van der Waals surface area contributed by atoms with Gasteiger partial charge in [0.2, 0.25) is 23.6 Å². The fourth-order valence-electron chi connectivity index (χ4n) is 5.26. The number of carbonyl (C=O) groups excluding carboxylic acids is 4. The van der Waals surface area contributed by atoms with Crippen LogP contribution in [0.15, 0.2) is 47.9 Å². The Balaban J connectivity index is 1.51. The van der Waals surface area contributed by atoms with Crippen LogP contribution in [0.1, 0.15) is 85.5 Å². The normalized spacial score (nSPS) is 16.3. The van der Waals surface area contributed by atoms with Crippen molar-refractivity contribution < 1.29 is 19.2 Å². The molecule has 10 heteroatoms. The molecule has 0 spiro atoms. The predicted octanol–water partition coefficient (Wildman–Crippen LogP) is 3.26. The van der Waals surface area contributed by atoms with E-state index in [1.807, 2.05) is 27.7 Å². The first kappa shape index (κ1) is 36.0. The monoisotopic (exact) mass is 598 g/mol. The SMILES string of the molecule is CC(C)C(NCCCCCCCCCCCNC(C(=O)N1C=CC(C(N)=O)=CC1)C(C)C)C(=O)N1C=CC(C(N)=O)=CC1. The second kappa shape index (κ2) is 19.1. The number of nitrogens with one attached hydrogen (secondary N) is 2. The molecule has 2 aliphatic heterocycles. The molecular formula is C33H54N6O4. The molecule has 0 saturated heterocycles. The molecule has 2 heterocycles. The number of hydrogen-bond acceptors (Lipinski definition) is 6. The van der Waals surface area contributed by atoms with Crippen LogP contribution in [0.5, 0.6) is 0 Å². The maximum Gasteiger partial charge on any atom is 0.248 e. The molecule has 43 heavy (non-hydrogen) atoms. The van der Waals surface area contributed by atoms with Gasteiger partial charge in [-0.05, 0) is 49.9 Å². The van der Waals surface area contributed by atoms with Gasteiger partial charge in [0.1, 0.15) is 0 Å². The van der Waals surface area contributed by atoms with Crippen LogP contribution < -0.4 is 22.1 Å². The third kappa shape index (κ3) is 12.5. The van der Waals surface area contributed by atoms with Gasteiger partial charge >= 0.3 is 0 Å². The second-order valence-corrected chi connectivity index (χ2v) is 12.2. The maximum atomic E-state index is 13.0. The van der Waals surface area contributed by atoms with E-state index in [4.69, 9.17) is 11.5 Å². The summed E-state index contributed by atoms with van der Waals surface area (Å²) in [7, 11) is 0. The van der Waals surface area contributed by atoms with Crippen molar-refractivity contribution in [1.82, 2.24) is 20.4 Å². The van der Waals surface area contributed by atoms with Gasteiger partial charge in [-0.25, -0.2) is 0 Å². The fourth-order valence-corrected chi connectivity index (χ4v) is 5.26. The largest absolute Gasteiger partial charge is 0.366 e. The summed E-state index contributed by atoms with van der Waals surface area (Å²) >= 11 is 0. The Hall–Kier alpha value is -3.24. The summed E-state index contributed by atoms with van der Waals surface area (Å²) in [4.78, 5) is 51.8. The summed E-state index contributed by atoms with van der Waals surface area (Å²) in [6.07, 6.45) is 20.3. The Labute approximate surface area is 258 Å². The lowest BCUT2D eigenvalue weighted by Crippen LogP contribution is -2.48. The van der Waals surface area contributed by atoms with E-state index >= 15 is 0 Å². The van der Waals surface area contributed by atoms with Crippen LogP contribution in [0.25, 0.3) is 0 Å². The summed E-state index contributed by atoms with van der Waals surface area (Å²) in [5, 5.41) is 6.87. The Morgan fingerprint density at radius 3 is 1.21 bits per heavy atom. The highest BCUT2D eigenvalue weighted by Crippen LogP contribution is 2.15. The molecule has 0 aromatic carbocycles. The number of primary amides is 2. The Morgan fingerprint density at radius 2 is 0.953 bits per heavy atom. The Kier molecular flexibility index (Phi) is 16.0. The molecule has 2 unspecified atom stereocenters. The second-order valence-electron chi connectivity index (χ2n) is 12.2. The molecule has 0 aliphatic carbocycles. The topological polar surface area (TPSA) is 151 Å². The maximum absolute atomic E-state index is 13.0. The number of hydrogen-bond donors (Lipinski definition) is 4. The van der Waals surface area contributed by atoms with Crippen LogP contribution in [-0.4, -0.2) is 71.7 Å². The molecule has 2 atom stereocenters. The minimum absolute atomic E-state index is 0.0179. The van der Waals surface area contributed by atoms with Gasteiger partial charge in [0, 0.05) is 36.6 Å². The predicted molar refractivity (Wildman–Crippen MR) is 171 cm³/mol. The molecule has 0 radical (unpaired) electrons. The molecule has 0 saturated carbocycles. The van der Waals surface area contributed by atoms with Gasteiger partial charge in [-0.15, -0.1) is 0 Å². The Bertz CT molecular complexity index is 980. The molecule has 2 aliphatic rings. The minimum atomic E-state index is -0.479. The highest BCUT2D eigenvalue weighted by atomic mass is 16.2. The van der Waals surface area contributed by atoms with Crippen molar-refractivity contribution in [3.05, 3.63) is 47.9 Å². The first-order valence-electron chi connectivity index (χ1n) is 16.0. The van der Waals surface area contributed by atoms with E-state index in [1.54, 1.807) is 46.5 Å². The summed E-state index contributed by atoms with van der Waals surface area (Å²) in [5.41, 5.74) is 11.5. The average molecular weight is 599 g/mol. The quantitative estimate of drug-likeness (QED) is 0.158. The number of carbonyl (C=O) groups is 4. The molecule has 10 nitrogen and oxygen atoms in total. The number of rotatable bonds is 20. The highest BCUT2D eigenvalue weighted by Gasteiger charge is 2.27. The standard InChI is InChI=1S/C33H54N6O4/c1-24(2)28(32(42)38-20-14-26(15-21-38)30(34)40)36-18-12-10-8-6-5-7-9-11-13-19-37-29(25(3)4)33(43)39-22-16-27(17-23-39)31(35)41/h14-17,20,22,24-25,28-29,36-37H,5-13,18-19,21,23H2,1-4H3,(H2,34,40)(H2,35,41). The van der Waals surface area contributed by atoms with Crippen molar-refractivity contribution in [3.63, 3.8) is 0 Å². The first-order chi connectivity index (χ1) is 20.5. The van der Waals surface area contributed by atoms with Gasteiger partial charge in [-0.1, -0.05) is 84.8 Å². The lowest BCUT2D eigenvalue weighted by atomic mass is 10.0. The molecule has 0 fully saturated rings. The molecular weight excluding hydrogens is 544 g/mol. The summed E-state index contributed by atoms with van der Waals surface area (Å²) in [6, 6.07) is -0.515. The Morgan fingerprint density at radius 1 is 0.628 bits per heavy atom. The van der Waals surface area contributed by atoms with Crippen LogP contribution in [-0.2, 0) is 19.2 Å². The van der Waals surface area contributed by atoms with Crippen molar-refractivity contribution in [2.24, 2.45) is 23.3 Å². The van der Waals surface area contributed by atoms with Crippen LogP contribution in [0, 0.1) is 11.8 Å². The molecule has 4 amide bonds. The summed E-state index contributed by atoms with van der Waals surface area (Å²) < 4.78 is 0. The summed E-state index contributed by atoms with van der Waals surface area (Å²) in [6.45, 7) is 10.5. The van der Waals surface area contributed by atoms with Crippen LogP contribution in [0.4, 0.5) is 0 Å². The van der Waals surface area contributed by atoms with Gasteiger partial charge in [0.25, 0.3) is 0 Å². The van der Waals surface area contributed by atoms with Gasteiger partial charge in [0.05, 0.1) is 12.1 Å². The number of nitrogens with zero attached hydrogens (tertiary/aromatic N) is 2. The van der Waals surface area contributed by atoms with Crippen LogP contribution in [0.3, 0.4) is 0 Å². The zero-order valence-electron chi connectivity index (χ0n) is 26.6. The average Bonchev–Trinajstić information content (AvgIpc) is 2.98. The number of amides is 4. The zero-order valence-corrected chi connectivity index (χ0v) is 26.6. The van der Waals surface area contributed by atoms with E-state index in [0.717, 1.165) is 38.8 Å². The molecule has 0 aromatic heterocycles. The van der Waals surface area contributed by atoms with Crippen molar-refractivity contribution in [2.45, 2.75) is 97.6 Å².